The zero-order chi connectivity index (χ0) is 17.3. The van der Waals surface area contributed by atoms with E-state index >= 15 is 0 Å². The summed E-state index contributed by atoms with van der Waals surface area (Å²) in [5.74, 6) is -0.816. The van der Waals surface area contributed by atoms with Gasteiger partial charge >= 0.3 is 5.97 Å². The first-order valence-electron chi connectivity index (χ1n) is 7.29. The molecule has 0 atom stereocenters. The number of para-hydroxylation sites is 1. The fourth-order valence-electron chi connectivity index (χ4n) is 2.57. The number of thiophene rings is 1. The quantitative estimate of drug-likeness (QED) is 0.504. The SMILES string of the molecule is Cc1nc2ccccc2c(C)c1C(=O)OCC(=O)c1ccc(Cl)s1. The van der Waals surface area contributed by atoms with Crippen molar-refractivity contribution >= 4 is 45.6 Å². The molecule has 0 amide bonds. The van der Waals surface area contributed by atoms with Crippen LogP contribution in [0.2, 0.25) is 4.34 Å². The summed E-state index contributed by atoms with van der Waals surface area (Å²) >= 11 is 6.97. The van der Waals surface area contributed by atoms with E-state index in [1.165, 1.54) is 0 Å². The Morgan fingerprint density at radius 2 is 1.92 bits per heavy atom. The molecule has 0 bridgehead atoms. The summed E-state index contributed by atoms with van der Waals surface area (Å²) in [4.78, 5) is 29.4. The monoisotopic (exact) mass is 359 g/mol. The number of nitrogens with zero attached hydrogens (tertiary/aromatic N) is 1. The van der Waals surface area contributed by atoms with Crippen LogP contribution in [0, 0.1) is 13.8 Å². The van der Waals surface area contributed by atoms with E-state index in [1.54, 1.807) is 19.1 Å². The molecule has 0 radical (unpaired) electrons. The van der Waals surface area contributed by atoms with Gasteiger partial charge in [-0.05, 0) is 37.6 Å². The molecule has 1 aromatic carbocycles. The highest BCUT2D eigenvalue weighted by molar-refractivity contribution is 7.18. The van der Waals surface area contributed by atoms with E-state index in [9.17, 15) is 9.59 Å². The van der Waals surface area contributed by atoms with Gasteiger partial charge in [0.15, 0.2) is 6.61 Å². The molecular formula is C18H14ClNO3S. The summed E-state index contributed by atoms with van der Waals surface area (Å²) in [6.07, 6.45) is 0. The minimum absolute atomic E-state index is 0.274. The van der Waals surface area contributed by atoms with Gasteiger partial charge in [0.05, 0.1) is 26.0 Å². The third-order valence-electron chi connectivity index (χ3n) is 3.72. The maximum absolute atomic E-state index is 12.4. The number of aryl methyl sites for hydroxylation is 2. The number of ketones is 1. The van der Waals surface area contributed by atoms with E-state index in [2.05, 4.69) is 4.98 Å². The number of esters is 1. The largest absolute Gasteiger partial charge is 0.454 e. The summed E-state index contributed by atoms with van der Waals surface area (Å²) < 4.78 is 5.72. The molecular weight excluding hydrogens is 346 g/mol. The van der Waals surface area contributed by atoms with Crippen LogP contribution in [0.1, 0.15) is 31.3 Å². The second-order valence-corrected chi connectivity index (χ2v) is 7.03. The van der Waals surface area contributed by atoms with Crippen molar-refractivity contribution in [3.8, 4) is 0 Å². The van der Waals surface area contributed by atoms with E-state index in [0.717, 1.165) is 27.8 Å². The van der Waals surface area contributed by atoms with E-state index in [1.807, 2.05) is 31.2 Å². The number of hydrogen-bond acceptors (Lipinski definition) is 5. The van der Waals surface area contributed by atoms with Crippen LogP contribution in [-0.4, -0.2) is 23.3 Å². The molecule has 0 N–H and O–H groups in total. The lowest BCUT2D eigenvalue weighted by Gasteiger charge is -2.11. The summed E-state index contributed by atoms with van der Waals surface area (Å²) in [6.45, 7) is 3.30. The second-order valence-electron chi connectivity index (χ2n) is 5.32. The van der Waals surface area contributed by atoms with E-state index in [-0.39, 0.29) is 12.4 Å². The third kappa shape index (κ3) is 3.18. The molecule has 3 rings (SSSR count). The van der Waals surface area contributed by atoms with Crippen LogP contribution in [0.4, 0.5) is 0 Å². The minimum Gasteiger partial charge on any atom is -0.454 e. The van der Waals surface area contributed by atoms with Gasteiger partial charge < -0.3 is 4.74 Å². The standard InChI is InChI=1S/C18H14ClNO3S/c1-10-12-5-3-4-6-13(12)20-11(2)17(10)18(22)23-9-14(21)15-7-8-16(19)24-15/h3-8H,9H2,1-2H3. The highest BCUT2D eigenvalue weighted by Gasteiger charge is 2.19. The number of fused-ring (bicyclic) bond motifs is 1. The van der Waals surface area contributed by atoms with Crippen LogP contribution < -0.4 is 0 Å². The molecule has 4 nitrogen and oxygen atoms in total. The van der Waals surface area contributed by atoms with Crippen molar-refractivity contribution in [2.24, 2.45) is 0 Å². The van der Waals surface area contributed by atoms with Crippen molar-refractivity contribution in [1.82, 2.24) is 4.98 Å². The zero-order valence-corrected chi connectivity index (χ0v) is 14.7. The molecule has 0 saturated heterocycles. The summed E-state index contributed by atoms with van der Waals surface area (Å²) in [6, 6.07) is 10.9. The normalized spacial score (nSPS) is 10.8. The van der Waals surface area contributed by atoms with Gasteiger partial charge in [0.25, 0.3) is 0 Å². The number of benzene rings is 1. The molecule has 0 aliphatic rings. The van der Waals surface area contributed by atoms with Crippen LogP contribution in [0.15, 0.2) is 36.4 Å². The van der Waals surface area contributed by atoms with Gasteiger partial charge in [-0.25, -0.2) is 4.79 Å². The molecule has 122 valence electrons. The first-order chi connectivity index (χ1) is 11.5. The van der Waals surface area contributed by atoms with Crippen molar-refractivity contribution in [2.75, 3.05) is 6.61 Å². The van der Waals surface area contributed by atoms with Crippen LogP contribution in [0.3, 0.4) is 0 Å². The van der Waals surface area contributed by atoms with Crippen molar-refractivity contribution in [3.05, 3.63) is 62.4 Å². The number of carbonyl (C=O) groups is 2. The number of hydrogen-bond donors (Lipinski definition) is 0. The van der Waals surface area contributed by atoms with Gasteiger partial charge in [-0.15, -0.1) is 11.3 Å². The summed E-state index contributed by atoms with van der Waals surface area (Å²) in [7, 11) is 0. The number of halogens is 1. The lowest BCUT2D eigenvalue weighted by molar-refractivity contribution is 0.0474. The first-order valence-corrected chi connectivity index (χ1v) is 8.48. The molecule has 0 saturated carbocycles. The highest BCUT2D eigenvalue weighted by atomic mass is 35.5. The van der Waals surface area contributed by atoms with Gasteiger partial charge in [-0.2, -0.15) is 0 Å². The van der Waals surface area contributed by atoms with E-state index in [0.29, 0.717) is 20.5 Å². The number of Topliss-reactive ketones (excluding diaryl/α,β-unsaturated/α-hetero) is 1. The first kappa shape index (κ1) is 16.6. The minimum atomic E-state index is -0.542. The lowest BCUT2D eigenvalue weighted by Crippen LogP contribution is -2.16. The zero-order valence-electron chi connectivity index (χ0n) is 13.1. The van der Waals surface area contributed by atoms with Crippen molar-refractivity contribution in [2.45, 2.75) is 13.8 Å². The predicted molar refractivity (Wildman–Crippen MR) is 95.2 cm³/mol. The Morgan fingerprint density at radius 3 is 2.62 bits per heavy atom. The van der Waals surface area contributed by atoms with Crippen molar-refractivity contribution in [3.63, 3.8) is 0 Å². The lowest BCUT2D eigenvalue weighted by atomic mass is 10.0. The van der Waals surface area contributed by atoms with Crippen molar-refractivity contribution < 1.29 is 14.3 Å². The van der Waals surface area contributed by atoms with Gasteiger partial charge in [-0.1, -0.05) is 29.8 Å². The van der Waals surface area contributed by atoms with Crippen LogP contribution in [0.5, 0.6) is 0 Å². The Kier molecular flexibility index (Phi) is 4.64. The Balaban J connectivity index is 1.82. The fourth-order valence-corrected chi connectivity index (χ4v) is 3.54. The molecule has 6 heteroatoms. The number of rotatable bonds is 4. The Hall–Kier alpha value is -2.24. The smallest absolute Gasteiger partial charge is 0.340 e. The topological polar surface area (TPSA) is 56.3 Å². The average molecular weight is 360 g/mol. The Labute approximate surface area is 148 Å². The number of aromatic nitrogens is 1. The Bertz CT molecular complexity index is 949. The second kappa shape index (κ2) is 6.71. The Morgan fingerprint density at radius 1 is 1.17 bits per heavy atom. The molecule has 0 unspecified atom stereocenters. The maximum atomic E-state index is 12.4. The van der Waals surface area contributed by atoms with Gasteiger partial charge in [0.2, 0.25) is 5.78 Å². The molecule has 0 aliphatic carbocycles. The van der Waals surface area contributed by atoms with Gasteiger partial charge in [0.1, 0.15) is 0 Å². The summed E-state index contributed by atoms with van der Waals surface area (Å²) in [5.41, 5.74) is 2.62. The fraction of sp³-hybridized carbons (Fsp3) is 0.167. The van der Waals surface area contributed by atoms with Crippen molar-refractivity contribution in [1.29, 1.82) is 0 Å². The number of carbonyl (C=O) groups excluding carboxylic acids is 2. The molecule has 0 spiro atoms. The molecule has 0 fully saturated rings. The molecule has 2 heterocycles. The number of ether oxygens (including phenoxy) is 1. The molecule has 3 aromatic rings. The summed E-state index contributed by atoms with van der Waals surface area (Å²) in [5, 5.41) is 0.895. The van der Waals surface area contributed by atoms with Gasteiger partial charge in [-0.3, -0.25) is 9.78 Å². The van der Waals surface area contributed by atoms with Crippen LogP contribution in [-0.2, 0) is 4.74 Å². The number of pyridine rings is 1. The molecule has 2 aromatic heterocycles. The predicted octanol–water partition coefficient (Wildman–Crippen LogP) is 4.61. The van der Waals surface area contributed by atoms with Crippen LogP contribution >= 0.6 is 22.9 Å². The van der Waals surface area contributed by atoms with Crippen LogP contribution in [0.25, 0.3) is 10.9 Å². The molecule has 0 aliphatic heterocycles. The van der Waals surface area contributed by atoms with E-state index in [4.69, 9.17) is 16.3 Å². The maximum Gasteiger partial charge on any atom is 0.340 e. The third-order valence-corrected chi connectivity index (χ3v) is 4.99. The highest BCUT2D eigenvalue weighted by Crippen LogP contribution is 2.24. The van der Waals surface area contributed by atoms with E-state index < -0.39 is 5.97 Å². The van der Waals surface area contributed by atoms with Gasteiger partial charge in [0, 0.05) is 5.39 Å². The molecule has 24 heavy (non-hydrogen) atoms. The average Bonchev–Trinajstić information content (AvgIpc) is 2.99.